The summed E-state index contributed by atoms with van der Waals surface area (Å²) in [7, 11) is 0.446. The number of likely N-dealkylation sites (N-methyl/N-ethyl adjacent to an activating group) is 1. The van der Waals surface area contributed by atoms with Gasteiger partial charge in [-0.1, -0.05) is 35.6 Å². The van der Waals surface area contributed by atoms with E-state index >= 15 is 0 Å². The lowest BCUT2D eigenvalue weighted by molar-refractivity contribution is 0.0987. The summed E-state index contributed by atoms with van der Waals surface area (Å²) in [4.78, 5) is 25.1. The highest BCUT2D eigenvalue weighted by Gasteiger charge is 2.25. The van der Waals surface area contributed by atoms with Crippen molar-refractivity contribution >= 4 is 53.3 Å². The molecule has 156 valence electrons. The second-order valence-corrected chi connectivity index (χ2v) is 10.4. The van der Waals surface area contributed by atoms with Crippen molar-refractivity contribution in [1.29, 1.82) is 0 Å². The van der Waals surface area contributed by atoms with Crippen LogP contribution in [0.4, 0.5) is 5.13 Å². The van der Waals surface area contributed by atoms with E-state index in [0.29, 0.717) is 29.3 Å². The lowest BCUT2D eigenvalue weighted by atomic mass is 10.1. The smallest absolute Gasteiger partial charge is 0.262 e. The van der Waals surface area contributed by atoms with Crippen LogP contribution in [-0.2, 0) is 9.84 Å². The Hall–Kier alpha value is -2.75. The molecule has 4 rings (SSSR count). The monoisotopic (exact) mass is 442 g/mol. The van der Waals surface area contributed by atoms with Gasteiger partial charge in [0.05, 0.1) is 15.2 Å². The molecule has 0 atom stereocenters. The van der Waals surface area contributed by atoms with E-state index in [1.165, 1.54) is 17.6 Å². The zero-order valence-electron chi connectivity index (χ0n) is 16.9. The van der Waals surface area contributed by atoms with Gasteiger partial charge in [0.25, 0.3) is 5.91 Å². The molecule has 2 aromatic carbocycles. The lowest BCUT2D eigenvalue weighted by Crippen LogP contribution is -2.36. The van der Waals surface area contributed by atoms with E-state index in [9.17, 15) is 13.2 Å². The number of amides is 1. The highest BCUT2D eigenvalue weighted by molar-refractivity contribution is 7.91. The Morgan fingerprint density at radius 1 is 1.10 bits per heavy atom. The van der Waals surface area contributed by atoms with Gasteiger partial charge in [-0.15, -0.1) is 0 Å². The minimum Gasteiger partial charge on any atom is -0.360 e. The second kappa shape index (κ2) is 7.82. The molecule has 0 aliphatic rings. The van der Waals surface area contributed by atoms with Crippen molar-refractivity contribution < 1.29 is 13.2 Å². The van der Waals surface area contributed by atoms with E-state index < -0.39 is 9.84 Å². The molecule has 4 aromatic rings. The number of hydrogen-bond donors (Lipinski definition) is 1. The number of rotatable bonds is 6. The number of para-hydroxylation sites is 2. The molecule has 2 heterocycles. The van der Waals surface area contributed by atoms with E-state index in [4.69, 9.17) is 0 Å². The molecule has 0 fully saturated rings. The Morgan fingerprint density at radius 3 is 2.60 bits per heavy atom. The number of carbonyl (C=O) groups excluding carboxylic acids is 1. The number of anilines is 1. The quantitative estimate of drug-likeness (QED) is 0.495. The number of sulfone groups is 1. The molecular weight excluding hydrogens is 420 g/mol. The molecule has 0 spiro atoms. The molecule has 0 saturated heterocycles. The SMILES string of the molecule is CN(C)CCN(C(=O)c1c[nH]c2ccccc12)c1nc2c(S(C)(=O)=O)cccc2s1. The number of fused-ring (bicyclic) bond motifs is 2. The fourth-order valence-corrected chi connectivity index (χ4v) is 5.22. The van der Waals surface area contributed by atoms with Crippen molar-refractivity contribution in [3.8, 4) is 0 Å². The Morgan fingerprint density at radius 2 is 1.87 bits per heavy atom. The summed E-state index contributed by atoms with van der Waals surface area (Å²) in [6, 6.07) is 12.7. The van der Waals surface area contributed by atoms with E-state index in [1.807, 2.05) is 49.3 Å². The van der Waals surface area contributed by atoms with Gasteiger partial charge >= 0.3 is 0 Å². The fraction of sp³-hybridized carbons (Fsp3) is 0.238. The number of carbonyl (C=O) groups is 1. The van der Waals surface area contributed by atoms with Crippen LogP contribution in [-0.4, -0.2) is 62.6 Å². The van der Waals surface area contributed by atoms with Crippen molar-refractivity contribution in [3.05, 3.63) is 54.2 Å². The third-order valence-corrected chi connectivity index (χ3v) is 7.01. The van der Waals surface area contributed by atoms with Crippen LogP contribution in [0.1, 0.15) is 10.4 Å². The molecule has 0 aliphatic heterocycles. The van der Waals surface area contributed by atoms with Gasteiger partial charge in [-0.25, -0.2) is 13.4 Å². The van der Waals surface area contributed by atoms with Gasteiger partial charge in [-0.3, -0.25) is 9.69 Å². The maximum Gasteiger partial charge on any atom is 0.262 e. The van der Waals surface area contributed by atoms with Crippen molar-refractivity contribution in [2.45, 2.75) is 4.90 Å². The Balaban J connectivity index is 1.82. The zero-order chi connectivity index (χ0) is 21.5. The van der Waals surface area contributed by atoms with Crippen LogP contribution in [0.25, 0.3) is 21.1 Å². The largest absolute Gasteiger partial charge is 0.360 e. The Bertz CT molecular complexity index is 1340. The van der Waals surface area contributed by atoms with Crippen LogP contribution in [0.3, 0.4) is 0 Å². The number of H-pyrrole nitrogens is 1. The highest BCUT2D eigenvalue weighted by atomic mass is 32.2. The first-order valence-corrected chi connectivity index (χ1v) is 12.1. The molecule has 0 radical (unpaired) electrons. The third-order valence-electron chi connectivity index (χ3n) is 4.84. The molecule has 0 unspecified atom stereocenters. The van der Waals surface area contributed by atoms with Gasteiger partial charge in [0.1, 0.15) is 5.52 Å². The number of benzene rings is 2. The molecule has 7 nitrogen and oxygen atoms in total. The summed E-state index contributed by atoms with van der Waals surface area (Å²) < 4.78 is 25.1. The van der Waals surface area contributed by atoms with E-state index in [2.05, 4.69) is 9.97 Å². The van der Waals surface area contributed by atoms with Gasteiger partial charge in [-0.2, -0.15) is 0 Å². The molecule has 2 aromatic heterocycles. The van der Waals surface area contributed by atoms with Gasteiger partial charge < -0.3 is 9.88 Å². The molecule has 0 aliphatic carbocycles. The Kier molecular flexibility index (Phi) is 5.35. The zero-order valence-corrected chi connectivity index (χ0v) is 18.5. The van der Waals surface area contributed by atoms with Gasteiger partial charge in [0.2, 0.25) is 0 Å². The van der Waals surface area contributed by atoms with Crippen molar-refractivity contribution in [2.75, 3.05) is 38.3 Å². The molecule has 1 amide bonds. The summed E-state index contributed by atoms with van der Waals surface area (Å²) in [5, 5.41) is 1.33. The minimum atomic E-state index is -3.43. The molecular formula is C21H22N4O3S2. The average molecular weight is 443 g/mol. The topological polar surface area (TPSA) is 86.4 Å². The molecule has 0 saturated carbocycles. The van der Waals surface area contributed by atoms with Crippen molar-refractivity contribution in [3.63, 3.8) is 0 Å². The molecule has 0 bridgehead atoms. The highest BCUT2D eigenvalue weighted by Crippen LogP contribution is 2.33. The standard InChI is InChI=1S/C21H22N4O3S2/c1-24(2)11-12-25(20(26)15-13-22-16-8-5-4-7-14(15)16)21-23-19-17(29-21)9-6-10-18(19)30(3,27)28/h4-10,13,22H,11-12H2,1-3H3. The maximum atomic E-state index is 13.5. The third kappa shape index (κ3) is 3.83. The summed E-state index contributed by atoms with van der Waals surface area (Å²) in [5.41, 5.74) is 1.85. The average Bonchev–Trinajstić information content (AvgIpc) is 3.30. The maximum absolute atomic E-state index is 13.5. The first kappa shape index (κ1) is 20.5. The predicted molar refractivity (Wildman–Crippen MR) is 121 cm³/mol. The van der Waals surface area contributed by atoms with E-state index in [1.54, 1.807) is 23.2 Å². The van der Waals surface area contributed by atoms with Crippen molar-refractivity contribution in [1.82, 2.24) is 14.9 Å². The normalized spacial score (nSPS) is 12.1. The van der Waals surface area contributed by atoms with Crippen LogP contribution in [0.5, 0.6) is 0 Å². The summed E-state index contributed by atoms with van der Waals surface area (Å²) in [6.07, 6.45) is 2.88. The lowest BCUT2D eigenvalue weighted by Gasteiger charge is -2.21. The van der Waals surface area contributed by atoms with E-state index in [0.717, 1.165) is 15.6 Å². The van der Waals surface area contributed by atoms with Crippen LogP contribution < -0.4 is 4.90 Å². The van der Waals surface area contributed by atoms with Crippen molar-refractivity contribution in [2.24, 2.45) is 0 Å². The molecule has 30 heavy (non-hydrogen) atoms. The van der Waals surface area contributed by atoms with Crippen LogP contribution in [0.15, 0.2) is 53.6 Å². The number of nitrogens with one attached hydrogen (secondary N) is 1. The summed E-state index contributed by atoms with van der Waals surface area (Å²) in [5.74, 6) is -0.172. The number of nitrogens with zero attached hydrogens (tertiary/aromatic N) is 3. The second-order valence-electron chi connectivity index (χ2n) is 7.38. The predicted octanol–water partition coefficient (Wildman–Crippen LogP) is 3.39. The van der Waals surface area contributed by atoms with E-state index in [-0.39, 0.29) is 10.8 Å². The summed E-state index contributed by atoms with van der Waals surface area (Å²) in [6.45, 7) is 1.07. The molecule has 9 heteroatoms. The van der Waals surface area contributed by atoms with Gasteiger partial charge in [-0.05, 0) is 32.3 Å². The summed E-state index contributed by atoms with van der Waals surface area (Å²) >= 11 is 1.32. The van der Waals surface area contributed by atoms with Gasteiger partial charge in [0, 0.05) is 36.4 Å². The van der Waals surface area contributed by atoms with Crippen LogP contribution >= 0.6 is 11.3 Å². The Labute approximate surface area is 178 Å². The minimum absolute atomic E-state index is 0.172. The first-order valence-electron chi connectivity index (χ1n) is 9.38. The van der Waals surface area contributed by atoms with Crippen LogP contribution in [0, 0.1) is 0 Å². The number of aromatic amines is 1. The van der Waals surface area contributed by atoms with Gasteiger partial charge in [0.15, 0.2) is 15.0 Å². The van der Waals surface area contributed by atoms with Crippen LogP contribution in [0.2, 0.25) is 0 Å². The number of thiazole rings is 1. The first-order chi connectivity index (χ1) is 14.3. The number of hydrogen-bond acceptors (Lipinski definition) is 6. The number of aromatic nitrogens is 2. The molecule has 1 N–H and O–H groups in total. The fourth-order valence-electron chi connectivity index (χ4n) is 3.30.